The normalized spacial score (nSPS) is 35.9. The van der Waals surface area contributed by atoms with Gasteiger partial charge >= 0.3 is 5.97 Å². The molecular formula is C31H46N2O6. The fraction of sp³-hybridized carbons (Fsp3) is 0.774. The number of esters is 1. The van der Waals surface area contributed by atoms with Gasteiger partial charge in [0.2, 0.25) is 0 Å². The predicted octanol–water partition coefficient (Wildman–Crippen LogP) is 3.76. The van der Waals surface area contributed by atoms with Gasteiger partial charge in [0.05, 0.1) is 45.6 Å². The lowest BCUT2D eigenvalue weighted by atomic mass is 9.53. The number of hydrogen-bond donors (Lipinski definition) is 0. The number of hydrogen-bond acceptors (Lipinski definition) is 8. The molecule has 3 aliphatic heterocycles. The topological polar surface area (TPSA) is 73.0 Å². The molecule has 0 unspecified atom stereocenters. The van der Waals surface area contributed by atoms with Crippen LogP contribution in [0.1, 0.15) is 51.0 Å². The summed E-state index contributed by atoms with van der Waals surface area (Å²) in [6.07, 6.45) is 6.77. The van der Waals surface area contributed by atoms with Crippen LogP contribution < -0.4 is 9.47 Å². The van der Waals surface area contributed by atoms with Crippen LogP contribution in [0.15, 0.2) is 18.2 Å². The molecule has 0 N–H and O–H groups in total. The van der Waals surface area contributed by atoms with Crippen molar-refractivity contribution in [3.8, 4) is 11.5 Å². The Morgan fingerprint density at radius 2 is 1.92 bits per heavy atom. The number of morpholine rings is 1. The summed E-state index contributed by atoms with van der Waals surface area (Å²) in [6.45, 7) is 10.4. The fourth-order valence-corrected chi connectivity index (χ4v) is 8.26. The molecule has 39 heavy (non-hydrogen) atoms. The van der Waals surface area contributed by atoms with E-state index < -0.39 is 0 Å². The zero-order valence-corrected chi connectivity index (χ0v) is 24.0. The minimum absolute atomic E-state index is 0.00324. The Morgan fingerprint density at radius 3 is 2.67 bits per heavy atom. The van der Waals surface area contributed by atoms with E-state index in [1.165, 1.54) is 19.3 Å². The van der Waals surface area contributed by atoms with E-state index >= 15 is 0 Å². The maximum absolute atomic E-state index is 13.4. The zero-order valence-electron chi connectivity index (χ0n) is 24.0. The quantitative estimate of drug-likeness (QED) is 0.327. The van der Waals surface area contributed by atoms with E-state index in [0.29, 0.717) is 5.92 Å². The van der Waals surface area contributed by atoms with E-state index in [1.807, 2.05) is 6.07 Å². The molecule has 8 heteroatoms. The number of rotatable bonds is 10. The molecule has 2 saturated carbocycles. The molecule has 3 saturated heterocycles. The summed E-state index contributed by atoms with van der Waals surface area (Å²) in [6, 6.07) is 6.14. The van der Waals surface area contributed by atoms with Crippen LogP contribution in [0, 0.1) is 23.2 Å². The van der Waals surface area contributed by atoms with Crippen molar-refractivity contribution in [1.29, 1.82) is 0 Å². The first kappa shape index (κ1) is 27.3. The predicted molar refractivity (Wildman–Crippen MR) is 147 cm³/mol. The molecule has 0 bridgehead atoms. The largest absolute Gasteiger partial charge is 0.493 e. The third-order valence-corrected chi connectivity index (χ3v) is 10.4. The highest BCUT2D eigenvalue weighted by atomic mass is 16.6. The van der Waals surface area contributed by atoms with Gasteiger partial charge in [0.1, 0.15) is 6.10 Å². The monoisotopic (exact) mass is 542 g/mol. The Hall–Kier alpha value is -1.87. The first-order valence-corrected chi connectivity index (χ1v) is 15.0. The van der Waals surface area contributed by atoms with Crippen LogP contribution in [0.4, 0.5) is 0 Å². The van der Waals surface area contributed by atoms with Gasteiger partial charge in [0.25, 0.3) is 0 Å². The lowest BCUT2D eigenvalue weighted by Crippen LogP contribution is -2.51. The number of epoxide rings is 1. The van der Waals surface area contributed by atoms with Crippen molar-refractivity contribution in [2.24, 2.45) is 23.2 Å². The van der Waals surface area contributed by atoms with E-state index in [1.54, 1.807) is 14.2 Å². The second kappa shape index (κ2) is 11.2. The number of ether oxygens (including phenoxy) is 5. The highest BCUT2D eigenvalue weighted by molar-refractivity contribution is 5.75. The van der Waals surface area contributed by atoms with Crippen LogP contribution in [0.25, 0.3) is 0 Å². The third kappa shape index (κ3) is 5.54. The third-order valence-electron chi connectivity index (χ3n) is 10.4. The number of carbonyl (C=O) groups is 1. The highest BCUT2D eigenvalue weighted by Crippen LogP contribution is 2.62. The van der Waals surface area contributed by atoms with Crippen LogP contribution in [0.5, 0.6) is 11.5 Å². The molecule has 3 heterocycles. The van der Waals surface area contributed by atoms with Crippen LogP contribution in [0.3, 0.4) is 0 Å². The van der Waals surface area contributed by atoms with Gasteiger partial charge in [-0.25, -0.2) is 0 Å². The molecule has 8 nitrogen and oxygen atoms in total. The summed E-state index contributed by atoms with van der Waals surface area (Å²) in [5.74, 6) is 2.21. The highest BCUT2D eigenvalue weighted by Gasteiger charge is 2.65. The van der Waals surface area contributed by atoms with Gasteiger partial charge in [0.15, 0.2) is 11.5 Å². The van der Waals surface area contributed by atoms with Gasteiger partial charge in [-0.2, -0.15) is 0 Å². The summed E-state index contributed by atoms with van der Waals surface area (Å²) in [5.41, 5.74) is 1.46. The van der Waals surface area contributed by atoms with Gasteiger partial charge in [-0.15, -0.1) is 0 Å². The van der Waals surface area contributed by atoms with Crippen LogP contribution in [0.2, 0.25) is 0 Å². The first-order valence-electron chi connectivity index (χ1n) is 15.0. The lowest BCUT2D eigenvalue weighted by molar-refractivity contribution is -0.147. The number of methoxy groups -OCH3 is 2. The summed E-state index contributed by atoms with van der Waals surface area (Å²) in [4.78, 5) is 18.3. The summed E-state index contributed by atoms with van der Waals surface area (Å²) >= 11 is 0. The average Bonchev–Trinajstić information content (AvgIpc) is 3.64. The Morgan fingerprint density at radius 1 is 1.13 bits per heavy atom. The lowest BCUT2D eigenvalue weighted by Gasteiger charge is -2.51. The van der Waals surface area contributed by atoms with Gasteiger partial charge in [-0.3, -0.25) is 14.6 Å². The van der Waals surface area contributed by atoms with E-state index in [4.69, 9.17) is 23.7 Å². The van der Waals surface area contributed by atoms with Crippen LogP contribution in [-0.4, -0.2) is 94.2 Å². The number of fused-ring (bicyclic) bond motifs is 3. The SMILES string of the molecule is COc1ccc(CN(CCCN2CCOCC2)C[C@H]2C(=O)O[C@@H]3C[C@@]4(C)CCC[C@]5(CO5)[C@@H]4C[C@@H]32)cc1OC. The standard InChI is InChI=1S/C31H46N2O6/c1-30-8-4-9-31(21-38-31)28(30)17-23-24(29(34)39-27(23)18-30)20-33(11-5-10-32-12-14-37-15-13-32)19-22-6-7-25(35-2)26(16-22)36-3/h6-7,16,23-24,27-28H,4-5,8-15,17-21H2,1-3H3/t23-,24-,27-,28-,30-,31+/m1/s1. The van der Waals surface area contributed by atoms with Gasteiger partial charge in [0, 0.05) is 32.1 Å². The number of carbonyl (C=O) groups excluding carboxylic acids is 1. The zero-order chi connectivity index (χ0) is 27.0. The van der Waals surface area contributed by atoms with E-state index in [2.05, 4.69) is 28.9 Å². The van der Waals surface area contributed by atoms with E-state index in [0.717, 1.165) is 95.4 Å². The van der Waals surface area contributed by atoms with Crippen molar-refractivity contribution in [3.63, 3.8) is 0 Å². The molecule has 216 valence electrons. The van der Waals surface area contributed by atoms with Gasteiger partial charge in [-0.1, -0.05) is 13.0 Å². The molecule has 1 spiro atoms. The maximum atomic E-state index is 13.4. The fourth-order valence-electron chi connectivity index (χ4n) is 8.26. The van der Waals surface area contributed by atoms with Crippen molar-refractivity contribution in [3.05, 3.63) is 23.8 Å². The molecule has 1 aromatic rings. The minimum Gasteiger partial charge on any atom is -0.493 e. The summed E-state index contributed by atoms with van der Waals surface area (Å²) in [7, 11) is 3.34. The van der Waals surface area contributed by atoms with Crippen LogP contribution in [-0.2, 0) is 25.5 Å². The van der Waals surface area contributed by atoms with Crippen molar-refractivity contribution < 1.29 is 28.5 Å². The molecule has 6 rings (SSSR count). The Kier molecular flexibility index (Phi) is 7.83. The molecule has 5 fully saturated rings. The molecule has 6 atom stereocenters. The van der Waals surface area contributed by atoms with Gasteiger partial charge < -0.3 is 23.7 Å². The van der Waals surface area contributed by atoms with Gasteiger partial charge in [-0.05, 0) is 80.6 Å². The Labute approximate surface area is 233 Å². The van der Waals surface area contributed by atoms with Crippen molar-refractivity contribution in [1.82, 2.24) is 9.80 Å². The second-order valence-corrected chi connectivity index (χ2v) is 12.8. The Bertz CT molecular complexity index is 1020. The number of nitrogens with zero attached hydrogens (tertiary/aromatic N) is 2. The first-order chi connectivity index (χ1) is 18.9. The number of benzene rings is 1. The average molecular weight is 543 g/mol. The smallest absolute Gasteiger partial charge is 0.310 e. The van der Waals surface area contributed by atoms with E-state index in [-0.39, 0.29) is 34.9 Å². The van der Waals surface area contributed by atoms with Crippen LogP contribution >= 0.6 is 0 Å². The minimum atomic E-state index is -0.0826. The van der Waals surface area contributed by atoms with Crippen molar-refractivity contribution >= 4 is 5.97 Å². The molecule has 0 aromatic heterocycles. The summed E-state index contributed by atoms with van der Waals surface area (Å²) < 4.78 is 28.8. The second-order valence-electron chi connectivity index (χ2n) is 12.8. The molecule has 0 amide bonds. The molecule has 0 radical (unpaired) electrons. The molecule has 1 aromatic carbocycles. The van der Waals surface area contributed by atoms with E-state index in [9.17, 15) is 4.79 Å². The Balaban J connectivity index is 1.17. The summed E-state index contributed by atoms with van der Waals surface area (Å²) in [5, 5.41) is 0. The molecule has 5 aliphatic rings. The maximum Gasteiger partial charge on any atom is 0.310 e. The van der Waals surface area contributed by atoms with Crippen molar-refractivity contribution in [2.75, 3.05) is 66.8 Å². The van der Waals surface area contributed by atoms with Crippen molar-refractivity contribution in [2.45, 2.75) is 63.7 Å². The molecular weight excluding hydrogens is 496 g/mol. The molecule has 2 aliphatic carbocycles.